The Morgan fingerprint density at radius 1 is 0.848 bits per heavy atom. The van der Waals surface area contributed by atoms with Gasteiger partial charge in [0.25, 0.3) is 0 Å². The highest BCUT2D eigenvalue weighted by Gasteiger charge is 2.30. The van der Waals surface area contributed by atoms with Crippen LogP contribution in [0.25, 0.3) is 22.5 Å². The summed E-state index contributed by atoms with van der Waals surface area (Å²) in [6, 6.07) is 28.4. The maximum Gasteiger partial charge on any atom is 0.159 e. The monoisotopic (exact) mass is 595 g/mol. The van der Waals surface area contributed by atoms with Gasteiger partial charge in [-0.15, -0.1) is 0 Å². The van der Waals surface area contributed by atoms with Crippen LogP contribution in [0.3, 0.4) is 0 Å². The van der Waals surface area contributed by atoms with Gasteiger partial charge in [-0.05, 0) is 90.6 Å². The highest BCUT2D eigenvalue weighted by Crippen LogP contribution is 2.38. The van der Waals surface area contributed by atoms with Crippen molar-refractivity contribution in [3.05, 3.63) is 191 Å². The first-order valence-corrected chi connectivity index (χ1v) is 16.1. The minimum Gasteiger partial charge on any atom is -0.327 e. The average molecular weight is 596 g/mol. The molecule has 0 spiro atoms. The predicted octanol–water partition coefficient (Wildman–Crippen LogP) is 9.99. The SMILES string of the molecule is C/C=C\C=C/Cc1cc(Cc2ccccc2-c2ccccc2C)nc(-c2ccc(N3C4=C=C(C=CC=C4)C4=CC=CCC43)cc2)n1. The molecule has 2 bridgehead atoms. The molecule has 0 radical (unpaired) electrons. The fraction of sp³-hybridized carbons (Fsp3) is 0.140. The lowest BCUT2D eigenvalue weighted by Gasteiger charge is -2.38. The average Bonchev–Trinajstić information content (AvgIpc) is 3.31. The first kappa shape index (κ1) is 29.2. The molecule has 0 amide bonds. The smallest absolute Gasteiger partial charge is 0.159 e. The molecule has 3 aliphatic rings. The summed E-state index contributed by atoms with van der Waals surface area (Å²) in [6.45, 7) is 4.20. The van der Waals surface area contributed by atoms with Crippen LogP contribution < -0.4 is 4.90 Å². The zero-order valence-electron chi connectivity index (χ0n) is 26.4. The number of anilines is 1. The molecule has 2 aliphatic carbocycles. The van der Waals surface area contributed by atoms with Crippen molar-refractivity contribution in [1.29, 1.82) is 0 Å². The number of nitrogens with zero attached hydrogens (tertiary/aromatic N) is 3. The second kappa shape index (κ2) is 13.2. The Hall–Kier alpha value is -5.50. The molecule has 0 saturated carbocycles. The van der Waals surface area contributed by atoms with Gasteiger partial charge in [0, 0.05) is 41.1 Å². The quantitative estimate of drug-likeness (QED) is 0.150. The van der Waals surface area contributed by atoms with Gasteiger partial charge in [-0.25, -0.2) is 9.97 Å². The summed E-state index contributed by atoms with van der Waals surface area (Å²) in [5.74, 6) is 0.756. The van der Waals surface area contributed by atoms with Crippen molar-refractivity contribution < 1.29 is 0 Å². The summed E-state index contributed by atoms with van der Waals surface area (Å²) in [7, 11) is 0. The minimum absolute atomic E-state index is 0.248. The van der Waals surface area contributed by atoms with Crippen molar-refractivity contribution in [3.63, 3.8) is 0 Å². The first-order valence-electron chi connectivity index (χ1n) is 16.1. The van der Waals surface area contributed by atoms with Gasteiger partial charge in [0.2, 0.25) is 0 Å². The van der Waals surface area contributed by atoms with Gasteiger partial charge in [-0.2, -0.15) is 0 Å². The van der Waals surface area contributed by atoms with Gasteiger partial charge >= 0.3 is 0 Å². The van der Waals surface area contributed by atoms with Gasteiger partial charge in [0.15, 0.2) is 5.82 Å². The van der Waals surface area contributed by atoms with Crippen molar-refractivity contribution in [2.24, 2.45) is 0 Å². The van der Waals surface area contributed by atoms with Gasteiger partial charge < -0.3 is 4.90 Å². The van der Waals surface area contributed by atoms with Crippen LogP contribution in [-0.4, -0.2) is 16.0 Å². The third-order valence-electron chi connectivity index (χ3n) is 8.73. The molecule has 7 rings (SSSR count). The molecule has 46 heavy (non-hydrogen) atoms. The molecule has 1 aliphatic heterocycles. The number of rotatable bonds is 8. The van der Waals surface area contributed by atoms with Crippen LogP contribution in [-0.2, 0) is 12.8 Å². The summed E-state index contributed by atoms with van der Waals surface area (Å²) < 4.78 is 0. The summed E-state index contributed by atoms with van der Waals surface area (Å²) in [4.78, 5) is 12.6. The van der Waals surface area contributed by atoms with Crippen LogP contribution in [0.15, 0.2) is 168 Å². The van der Waals surface area contributed by atoms with E-state index < -0.39 is 0 Å². The van der Waals surface area contributed by atoms with Gasteiger partial charge in [-0.1, -0.05) is 109 Å². The van der Waals surface area contributed by atoms with E-state index in [4.69, 9.17) is 9.97 Å². The van der Waals surface area contributed by atoms with E-state index in [9.17, 15) is 0 Å². The van der Waals surface area contributed by atoms with Crippen molar-refractivity contribution in [2.75, 3.05) is 4.90 Å². The number of benzene rings is 3. The standard InChI is InChI=1S/C43H37N3/c1-3-4-5-6-18-35-30-36(28-33-16-9-12-21-40(33)39-20-11-7-15-31(39)2)45-43(44-35)32-24-26-37(27-25-32)46-38-19-10-8-17-34(29-38)41-22-13-14-23-42(41)46/h3-17,19-22,24-27,30,42H,18,23,28H2,1-2H3/b4-3-,6-5-. The Morgan fingerprint density at radius 3 is 2.48 bits per heavy atom. The minimum atomic E-state index is 0.248. The van der Waals surface area contributed by atoms with Gasteiger partial charge in [0.1, 0.15) is 0 Å². The molecule has 224 valence electrons. The summed E-state index contributed by atoms with van der Waals surface area (Å²) in [5, 5.41) is 0. The fourth-order valence-corrected chi connectivity index (χ4v) is 6.48. The Kier molecular flexibility index (Phi) is 8.41. The van der Waals surface area contributed by atoms with Crippen LogP contribution in [0.5, 0.6) is 0 Å². The van der Waals surface area contributed by atoms with E-state index in [2.05, 4.69) is 157 Å². The van der Waals surface area contributed by atoms with Crippen LogP contribution >= 0.6 is 0 Å². The van der Waals surface area contributed by atoms with Gasteiger partial charge in [0.05, 0.1) is 11.7 Å². The molecule has 1 unspecified atom stereocenters. The first-order chi connectivity index (χ1) is 22.7. The van der Waals surface area contributed by atoms with Crippen LogP contribution in [0.4, 0.5) is 5.69 Å². The summed E-state index contributed by atoms with van der Waals surface area (Å²) >= 11 is 0. The molecular weight excluding hydrogens is 558 g/mol. The van der Waals surface area contributed by atoms with Crippen molar-refractivity contribution in [3.8, 4) is 22.5 Å². The number of allylic oxidation sites excluding steroid dienone is 9. The number of hydrogen-bond acceptors (Lipinski definition) is 3. The van der Waals surface area contributed by atoms with E-state index in [0.717, 1.165) is 53.4 Å². The molecule has 1 aromatic heterocycles. The molecule has 2 heterocycles. The zero-order chi connectivity index (χ0) is 31.3. The maximum atomic E-state index is 5.15. The highest BCUT2D eigenvalue weighted by molar-refractivity contribution is 5.72. The van der Waals surface area contributed by atoms with Crippen LogP contribution in [0, 0.1) is 6.92 Å². The topological polar surface area (TPSA) is 29.0 Å². The van der Waals surface area contributed by atoms with Crippen molar-refractivity contribution in [2.45, 2.75) is 39.2 Å². The Balaban J connectivity index is 1.24. The molecule has 0 fully saturated rings. The molecule has 3 heteroatoms. The summed E-state index contributed by atoms with van der Waals surface area (Å²) in [5.41, 5.74) is 16.4. The lowest BCUT2D eigenvalue weighted by Crippen LogP contribution is -2.38. The maximum absolute atomic E-state index is 5.15. The summed E-state index contributed by atoms with van der Waals surface area (Å²) in [6.07, 6.45) is 25.9. The second-order valence-electron chi connectivity index (χ2n) is 11.8. The predicted molar refractivity (Wildman–Crippen MR) is 191 cm³/mol. The molecule has 3 aromatic carbocycles. The molecule has 3 nitrogen and oxygen atoms in total. The van der Waals surface area contributed by atoms with Crippen LogP contribution in [0.2, 0.25) is 0 Å². The van der Waals surface area contributed by atoms with Gasteiger partial charge in [-0.3, -0.25) is 0 Å². The Bertz CT molecular complexity index is 2020. The normalized spacial score (nSPS) is 16.8. The number of fused-ring (bicyclic) bond motifs is 2. The Labute approximate surface area is 272 Å². The third-order valence-corrected chi connectivity index (χ3v) is 8.73. The lowest BCUT2D eigenvalue weighted by atomic mass is 9.88. The largest absolute Gasteiger partial charge is 0.327 e. The molecule has 0 saturated heterocycles. The van der Waals surface area contributed by atoms with E-state index in [-0.39, 0.29) is 6.04 Å². The highest BCUT2D eigenvalue weighted by atomic mass is 15.2. The number of hydrogen-bond donors (Lipinski definition) is 0. The van der Waals surface area contributed by atoms with Crippen molar-refractivity contribution >= 4 is 5.69 Å². The molecule has 0 N–H and O–H groups in total. The van der Waals surface area contributed by atoms with E-state index in [1.54, 1.807) is 0 Å². The lowest BCUT2D eigenvalue weighted by molar-refractivity contribution is 0.723. The number of aromatic nitrogens is 2. The Morgan fingerprint density at radius 2 is 1.63 bits per heavy atom. The van der Waals surface area contributed by atoms with E-state index in [1.807, 2.05) is 13.0 Å². The molecule has 4 aromatic rings. The van der Waals surface area contributed by atoms with Crippen molar-refractivity contribution in [1.82, 2.24) is 9.97 Å². The van der Waals surface area contributed by atoms with E-state index in [0.29, 0.717) is 0 Å². The number of aryl methyl sites for hydroxylation is 1. The van der Waals surface area contributed by atoms with Crippen LogP contribution in [0.1, 0.15) is 35.9 Å². The third kappa shape index (κ3) is 6.06. The molecular formula is C43H37N3. The second-order valence-corrected chi connectivity index (χ2v) is 11.8. The van der Waals surface area contributed by atoms with E-state index in [1.165, 1.54) is 33.4 Å². The van der Waals surface area contributed by atoms with E-state index >= 15 is 0 Å². The molecule has 1 atom stereocenters. The fourth-order valence-electron chi connectivity index (χ4n) is 6.48. The zero-order valence-corrected chi connectivity index (χ0v) is 26.4.